The first kappa shape index (κ1) is 16.7. The molecule has 0 saturated carbocycles. The maximum Gasteiger partial charge on any atom is 0.244 e. The first-order valence-corrected chi connectivity index (χ1v) is 9.02. The van der Waals surface area contributed by atoms with E-state index in [-0.39, 0.29) is 11.8 Å². The molecule has 1 heterocycles. The third kappa shape index (κ3) is 3.66. The molecule has 0 saturated heterocycles. The fourth-order valence-corrected chi connectivity index (χ4v) is 3.46. The number of alkyl halides is 1. The second kappa shape index (κ2) is 7.60. The van der Waals surface area contributed by atoms with Crippen molar-refractivity contribution in [2.45, 2.75) is 13.5 Å². The molecule has 3 rings (SSSR count). The lowest BCUT2D eigenvalue weighted by Crippen LogP contribution is -2.31. The van der Waals surface area contributed by atoms with E-state index in [1.54, 1.807) is 4.90 Å². The smallest absolute Gasteiger partial charge is 0.244 e. The lowest BCUT2D eigenvalue weighted by Gasteiger charge is -2.18. The van der Waals surface area contributed by atoms with Crippen LogP contribution in [0.15, 0.2) is 60.0 Å². The van der Waals surface area contributed by atoms with E-state index < -0.39 is 0 Å². The van der Waals surface area contributed by atoms with Crippen LogP contribution in [0.2, 0.25) is 0 Å². The van der Waals surface area contributed by atoms with E-state index in [1.165, 1.54) is 11.3 Å². The van der Waals surface area contributed by atoms with Gasteiger partial charge >= 0.3 is 0 Å². The molecule has 5 heteroatoms. The van der Waals surface area contributed by atoms with Crippen LogP contribution in [0.5, 0.6) is 0 Å². The van der Waals surface area contributed by atoms with Gasteiger partial charge in [0.2, 0.25) is 5.91 Å². The summed E-state index contributed by atoms with van der Waals surface area (Å²) in [4.78, 5) is 18.6. The van der Waals surface area contributed by atoms with E-state index in [0.29, 0.717) is 11.7 Å². The van der Waals surface area contributed by atoms with E-state index >= 15 is 0 Å². The number of aromatic nitrogens is 1. The van der Waals surface area contributed by atoms with Gasteiger partial charge in [-0.3, -0.25) is 9.69 Å². The number of thiazole rings is 1. The van der Waals surface area contributed by atoms with Gasteiger partial charge in [-0.1, -0.05) is 54.6 Å². The summed E-state index contributed by atoms with van der Waals surface area (Å²) in [6.45, 7) is 2.52. The standard InChI is InChI=1S/C19H17ClN2OS/c1-14-7-5-6-10-16(14)17-13-24-19(21-17)22(18(23)11-20)12-15-8-3-2-4-9-15/h2-10,13H,11-12H2,1H3. The molecule has 0 unspecified atom stereocenters. The Bertz CT molecular complexity index is 832. The molecule has 1 aromatic heterocycles. The average Bonchev–Trinajstić information content (AvgIpc) is 3.10. The van der Waals surface area contributed by atoms with E-state index in [9.17, 15) is 4.79 Å². The molecule has 3 aromatic rings. The highest BCUT2D eigenvalue weighted by Crippen LogP contribution is 2.30. The maximum absolute atomic E-state index is 12.3. The molecule has 0 aliphatic rings. The minimum Gasteiger partial charge on any atom is -0.283 e. The number of benzene rings is 2. The van der Waals surface area contributed by atoms with Crippen LogP contribution in [-0.4, -0.2) is 16.8 Å². The average molecular weight is 357 g/mol. The number of anilines is 1. The minimum absolute atomic E-state index is 0.0634. The molecule has 0 fully saturated rings. The third-order valence-electron chi connectivity index (χ3n) is 3.74. The molecular weight excluding hydrogens is 340 g/mol. The number of rotatable bonds is 5. The molecular formula is C19H17ClN2OS. The predicted octanol–water partition coefficient (Wildman–Crippen LogP) is 4.89. The molecule has 0 N–H and O–H groups in total. The highest BCUT2D eigenvalue weighted by atomic mass is 35.5. The van der Waals surface area contributed by atoms with Crippen LogP contribution in [0.4, 0.5) is 5.13 Å². The number of aryl methyl sites for hydroxylation is 1. The van der Waals surface area contributed by atoms with Gasteiger partial charge in [0.05, 0.1) is 12.2 Å². The largest absolute Gasteiger partial charge is 0.283 e. The SMILES string of the molecule is Cc1ccccc1-c1csc(N(Cc2ccccc2)C(=O)CCl)n1. The Labute approximate surface area is 150 Å². The molecule has 1 amide bonds. The van der Waals surface area contributed by atoms with Gasteiger partial charge in [-0.2, -0.15) is 0 Å². The van der Waals surface area contributed by atoms with Gasteiger partial charge in [0.15, 0.2) is 5.13 Å². The van der Waals surface area contributed by atoms with Crippen LogP contribution in [0.1, 0.15) is 11.1 Å². The summed E-state index contributed by atoms with van der Waals surface area (Å²) in [5, 5.41) is 2.65. The van der Waals surface area contributed by atoms with Crippen molar-refractivity contribution < 1.29 is 4.79 Å². The maximum atomic E-state index is 12.3. The normalized spacial score (nSPS) is 10.6. The number of amides is 1. The second-order valence-electron chi connectivity index (χ2n) is 5.43. The molecule has 0 bridgehead atoms. The topological polar surface area (TPSA) is 33.2 Å². The molecule has 2 aromatic carbocycles. The monoisotopic (exact) mass is 356 g/mol. The van der Waals surface area contributed by atoms with Crippen molar-refractivity contribution in [3.63, 3.8) is 0 Å². The van der Waals surface area contributed by atoms with E-state index in [4.69, 9.17) is 11.6 Å². The molecule has 122 valence electrons. The van der Waals surface area contributed by atoms with Crippen molar-refractivity contribution in [1.82, 2.24) is 4.98 Å². The number of halogens is 1. The zero-order valence-corrected chi connectivity index (χ0v) is 14.8. The molecule has 0 aliphatic heterocycles. The number of carbonyl (C=O) groups excluding carboxylic acids is 1. The van der Waals surface area contributed by atoms with Crippen LogP contribution in [0, 0.1) is 6.92 Å². The summed E-state index contributed by atoms with van der Waals surface area (Å²) in [6.07, 6.45) is 0. The van der Waals surface area contributed by atoms with Crippen molar-refractivity contribution in [2.24, 2.45) is 0 Å². The first-order chi connectivity index (χ1) is 11.7. The van der Waals surface area contributed by atoms with Crippen LogP contribution in [-0.2, 0) is 11.3 Å². The van der Waals surface area contributed by atoms with E-state index in [2.05, 4.69) is 18.0 Å². The zero-order valence-electron chi connectivity index (χ0n) is 13.3. The Morgan fingerprint density at radius 2 is 1.83 bits per heavy atom. The Morgan fingerprint density at radius 1 is 1.12 bits per heavy atom. The van der Waals surface area contributed by atoms with Crippen LogP contribution >= 0.6 is 22.9 Å². The Balaban J connectivity index is 1.92. The molecule has 0 aliphatic carbocycles. The fourth-order valence-electron chi connectivity index (χ4n) is 2.47. The Kier molecular flexibility index (Phi) is 5.28. The van der Waals surface area contributed by atoms with Gasteiger partial charge in [0, 0.05) is 10.9 Å². The molecule has 0 radical (unpaired) electrons. The highest BCUT2D eigenvalue weighted by molar-refractivity contribution is 7.14. The summed E-state index contributed by atoms with van der Waals surface area (Å²) < 4.78 is 0. The van der Waals surface area contributed by atoms with Gasteiger partial charge < -0.3 is 0 Å². The summed E-state index contributed by atoms with van der Waals surface area (Å²) in [6, 6.07) is 17.9. The number of nitrogens with zero attached hydrogens (tertiary/aromatic N) is 2. The van der Waals surface area contributed by atoms with E-state index in [1.807, 2.05) is 53.9 Å². The lowest BCUT2D eigenvalue weighted by atomic mass is 10.1. The second-order valence-corrected chi connectivity index (χ2v) is 6.53. The zero-order chi connectivity index (χ0) is 16.9. The molecule has 0 spiro atoms. The third-order valence-corrected chi connectivity index (χ3v) is 4.84. The summed E-state index contributed by atoms with van der Waals surface area (Å²) >= 11 is 7.26. The summed E-state index contributed by atoms with van der Waals surface area (Å²) in [5.41, 5.74) is 4.17. The van der Waals surface area contributed by atoms with Crippen molar-refractivity contribution in [1.29, 1.82) is 0 Å². The lowest BCUT2D eigenvalue weighted by molar-refractivity contribution is -0.116. The molecule has 0 atom stereocenters. The van der Waals surface area contributed by atoms with Crippen LogP contribution < -0.4 is 4.90 Å². The summed E-state index contributed by atoms with van der Waals surface area (Å²) in [5.74, 6) is -0.210. The van der Waals surface area contributed by atoms with Crippen molar-refractivity contribution in [3.05, 3.63) is 71.1 Å². The highest BCUT2D eigenvalue weighted by Gasteiger charge is 2.19. The summed E-state index contributed by atoms with van der Waals surface area (Å²) in [7, 11) is 0. The Morgan fingerprint density at radius 3 is 2.54 bits per heavy atom. The first-order valence-electron chi connectivity index (χ1n) is 7.61. The Hall–Kier alpha value is -2.17. The van der Waals surface area contributed by atoms with E-state index in [0.717, 1.165) is 22.4 Å². The van der Waals surface area contributed by atoms with Crippen LogP contribution in [0.3, 0.4) is 0 Å². The quantitative estimate of drug-likeness (QED) is 0.610. The number of hydrogen-bond donors (Lipinski definition) is 0. The van der Waals surface area contributed by atoms with Gasteiger partial charge in [-0.25, -0.2) is 4.98 Å². The molecule has 24 heavy (non-hydrogen) atoms. The van der Waals surface area contributed by atoms with Crippen molar-refractivity contribution in [3.8, 4) is 11.3 Å². The number of hydrogen-bond acceptors (Lipinski definition) is 3. The van der Waals surface area contributed by atoms with Crippen molar-refractivity contribution >= 4 is 34.0 Å². The van der Waals surface area contributed by atoms with Gasteiger partial charge in [0.1, 0.15) is 5.88 Å². The number of carbonyl (C=O) groups is 1. The van der Waals surface area contributed by atoms with Crippen molar-refractivity contribution in [2.75, 3.05) is 10.8 Å². The molecule has 3 nitrogen and oxygen atoms in total. The van der Waals surface area contributed by atoms with Crippen LogP contribution in [0.25, 0.3) is 11.3 Å². The van der Waals surface area contributed by atoms with Gasteiger partial charge in [-0.15, -0.1) is 22.9 Å². The van der Waals surface area contributed by atoms with Gasteiger partial charge in [0.25, 0.3) is 0 Å². The van der Waals surface area contributed by atoms with Gasteiger partial charge in [-0.05, 0) is 18.1 Å². The minimum atomic E-state index is -0.147. The fraction of sp³-hybridized carbons (Fsp3) is 0.158. The predicted molar refractivity (Wildman–Crippen MR) is 101 cm³/mol.